The lowest BCUT2D eigenvalue weighted by molar-refractivity contribution is 1.21. The van der Waals surface area contributed by atoms with Crippen molar-refractivity contribution in [1.29, 1.82) is 0 Å². The number of rotatable bonds is 2. The quantitative estimate of drug-likeness (QED) is 0.785. The van der Waals surface area contributed by atoms with E-state index in [1.165, 1.54) is 5.56 Å². The van der Waals surface area contributed by atoms with Gasteiger partial charge in [-0.1, -0.05) is 17.7 Å². The minimum Gasteiger partial charge on any atom is -0.382 e. The van der Waals surface area contributed by atoms with Crippen molar-refractivity contribution in [3.8, 4) is 0 Å². The van der Waals surface area contributed by atoms with Crippen LogP contribution in [0.15, 0.2) is 24.4 Å². The van der Waals surface area contributed by atoms with Gasteiger partial charge in [0.1, 0.15) is 5.82 Å². The molecule has 0 saturated heterocycles. The highest BCUT2D eigenvalue weighted by atomic mass is 14.9. The second-order valence-corrected chi connectivity index (χ2v) is 3.64. The summed E-state index contributed by atoms with van der Waals surface area (Å²) in [7, 11) is 0. The lowest BCUT2D eigenvalue weighted by Crippen LogP contribution is -2.03. The summed E-state index contributed by atoms with van der Waals surface area (Å²) in [5.41, 5.74) is 8.01. The molecule has 0 amide bonds. The monoisotopic (exact) mass is 201 g/mol. The van der Waals surface area contributed by atoms with Crippen LogP contribution in [0.4, 0.5) is 11.5 Å². The molecular weight excluding hydrogens is 186 g/mol. The van der Waals surface area contributed by atoms with Crippen molar-refractivity contribution in [1.82, 2.24) is 4.98 Å². The standard InChI is InChI=1S/C12H15N3/c1-3-14-11-10-5-4-8(2)6-9(10)7-15-12(11)13/h4-7,14H,3H2,1-2H3,(H2,13,15). The summed E-state index contributed by atoms with van der Waals surface area (Å²) in [6.07, 6.45) is 1.82. The molecule has 0 saturated carbocycles. The highest BCUT2D eigenvalue weighted by Crippen LogP contribution is 2.27. The Hall–Kier alpha value is -1.77. The van der Waals surface area contributed by atoms with Gasteiger partial charge in [-0.3, -0.25) is 0 Å². The Bertz CT molecular complexity index is 491. The first kappa shape index (κ1) is 9.77. The molecule has 15 heavy (non-hydrogen) atoms. The number of hydrogen-bond donors (Lipinski definition) is 2. The average Bonchev–Trinajstić information content (AvgIpc) is 2.22. The van der Waals surface area contributed by atoms with Crippen molar-refractivity contribution < 1.29 is 0 Å². The van der Waals surface area contributed by atoms with E-state index >= 15 is 0 Å². The zero-order valence-electron chi connectivity index (χ0n) is 9.04. The van der Waals surface area contributed by atoms with Crippen LogP contribution in [0.3, 0.4) is 0 Å². The van der Waals surface area contributed by atoms with Crippen molar-refractivity contribution in [2.24, 2.45) is 0 Å². The molecule has 0 spiro atoms. The fraction of sp³-hybridized carbons (Fsp3) is 0.250. The molecule has 0 bridgehead atoms. The smallest absolute Gasteiger partial charge is 0.147 e. The Balaban J connectivity index is 2.70. The third-order valence-corrected chi connectivity index (χ3v) is 2.43. The van der Waals surface area contributed by atoms with Crippen LogP contribution in [0.2, 0.25) is 0 Å². The number of fused-ring (bicyclic) bond motifs is 1. The van der Waals surface area contributed by atoms with E-state index in [4.69, 9.17) is 5.73 Å². The van der Waals surface area contributed by atoms with E-state index in [0.717, 1.165) is 23.0 Å². The van der Waals surface area contributed by atoms with Gasteiger partial charge in [0.25, 0.3) is 0 Å². The van der Waals surface area contributed by atoms with Gasteiger partial charge >= 0.3 is 0 Å². The predicted octanol–water partition coefficient (Wildman–Crippen LogP) is 2.56. The summed E-state index contributed by atoms with van der Waals surface area (Å²) in [5.74, 6) is 0.563. The molecule has 0 fully saturated rings. The molecule has 0 aliphatic carbocycles. The van der Waals surface area contributed by atoms with Crippen LogP contribution in [0.5, 0.6) is 0 Å². The number of aromatic nitrogens is 1. The van der Waals surface area contributed by atoms with Gasteiger partial charge in [0.05, 0.1) is 5.69 Å². The van der Waals surface area contributed by atoms with Crippen molar-refractivity contribution >= 4 is 22.3 Å². The number of nitrogen functional groups attached to an aromatic ring is 1. The first-order valence-corrected chi connectivity index (χ1v) is 5.11. The zero-order valence-corrected chi connectivity index (χ0v) is 9.04. The number of nitrogens with zero attached hydrogens (tertiary/aromatic N) is 1. The van der Waals surface area contributed by atoms with Crippen molar-refractivity contribution in [2.75, 3.05) is 17.6 Å². The van der Waals surface area contributed by atoms with Gasteiger partial charge in [0, 0.05) is 23.5 Å². The lowest BCUT2D eigenvalue weighted by Gasteiger charge is -2.10. The molecular formula is C12H15N3. The number of aryl methyl sites for hydroxylation is 1. The first-order valence-electron chi connectivity index (χ1n) is 5.11. The van der Waals surface area contributed by atoms with Gasteiger partial charge in [0.15, 0.2) is 0 Å². The van der Waals surface area contributed by atoms with E-state index in [1.807, 2.05) is 13.1 Å². The normalized spacial score (nSPS) is 10.5. The Kier molecular flexibility index (Phi) is 2.46. The van der Waals surface area contributed by atoms with E-state index < -0.39 is 0 Å². The summed E-state index contributed by atoms with van der Waals surface area (Å²) < 4.78 is 0. The minimum absolute atomic E-state index is 0.563. The Morgan fingerprint density at radius 1 is 1.40 bits per heavy atom. The fourth-order valence-electron chi connectivity index (χ4n) is 1.72. The summed E-state index contributed by atoms with van der Waals surface area (Å²) in [4.78, 5) is 4.18. The summed E-state index contributed by atoms with van der Waals surface area (Å²) in [5, 5.41) is 5.51. The van der Waals surface area contributed by atoms with Crippen LogP contribution in [0, 0.1) is 6.92 Å². The molecule has 1 aromatic heterocycles. The number of anilines is 2. The van der Waals surface area contributed by atoms with Crippen LogP contribution >= 0.6 is 0 Å². The third kappa shape index (κ3) is 1.73. The van der Waals surface area contributed by atoms with Crippen LogP contribution in [0.1, 0.15) is 12.5 Å². The lowest BCUT2D eigenvalue weighted by atomic mass is 10.1. The highest BCUT2D eigenvalue weighted by Gasteiger charge is 2.05. The van der Waals surface area contributed by atoms with E-state index in [1.54, 1.807) is 0 Å². The highest BCUT2D eigenvalue weighted by molar-refractivity contribution is 5.98. The van der Waals surface area contributed by atoms with Gasteiger partial charge in [-0.15, -0.1) is 0 Å². The van der Waals surface area contributed by atoms with Crippen molar-refractivity contribution in [3.05, 3.63) is 30.0 Å². The Morgan fingerprint density at radius 2 is 2.20 bits per heavy atom. The molecule has 1 heterocycles. The predicted molar refractivity (Wildman–Crippen MR) is 65.1 cm³/mol. The van der Waals surface area contributed by atoms with E-state index in [9.17, 15) is 0 Å². The number of benzene rings is 1. The molecule has 0 atom stereocenters. The van der Waals surface area contributed by atoms with E-state index in [0.29, 0.717) is 5.82 Å². The number of nitrogens with one attached hydrogen (secondary N) is 1. The van der Waals surface area contributed by atoms with Crippen LogP contribution in [-0.2, 0) is 0 Å². The number of hydrogen-bond acceptors (Lipinski definition) is 3. The summed E-state index contributed by atoms with van der Waals surface area (Å²) in [6, 6.07) is 6.28. The minimum atomic E-state index is 0.563. The zero-order chi connectivity index (χ0) is 10.8. The molecule has 3 N–H and O–H groups in total. The molecule has 0 aliphatic heterocycles. The van der Waals surface area contributed by atoms with Gasteiger partial charge in [-0.25, -0.2) is 4.98 Å². The fourth-order valence-corrected chi connectivity index (χ4v) is 1.72. The molecule has 3 heteroatoms. The maximum Gasteiger partial charge on any atom is 0.147 e. The molecule has 0 unspecified atom stereocenters. The van der Waals surface area contributed by atoms with E-state index in [2.05, 4.69) is 35.4 Å². The topological polar surface area (TPSA) is 50.9 Å². The Morgan fingerprint density at radius 3 is 2.93 bits per heavy atom. The third-order valence-electron chi connectivity index (χ3n) is 2.43. The van der Waals surface area contributed by atoms with Crippen molar-refractivity contribution in [2.45, 2.75) is 13.8 Å². The summed E-state index contributed by atoms with van der Waals surface area (Å²) in [6.45, 7) is 4.97. The maximum atomic E-state index is 5.84. The molecule has 2 aromatic rings. The maximum absolute atomic E-state index is 5.84. The molecule has 3 nitrogen and oxygen atoms in total. The van der Waals surface area contributed by atoms with E-state index in [-0.39, 0.29) is 0 Å². The van der Waals surface area contributed by atoms with Crippen LogP contribution in [-0.4, -0.2) is 11.5 Å². The second kappa shape index (κ2) is 3.77. The van der Waals surface area contributed by atoms with Gasteiger partial charge in [-0.05, 0) is 19.9 Å². The van der Waals surface area contributed by atoms with Crippen LogP contribution < -0.4 is 11.1 Å². The molecule has 78 valence electrons. The van der Waals surface area contributed by atoms with Crippen molar-refractivity contribution in [3.63, 3.8) is 0 Å². The first-order chi connectivity index (χ1) is 7.22. The van der Waals surface area contributed by atoms with Gasteiger partial charge < -0.3 is 11.1 Å². The molecule has 0 radical (unpaired) electrons. The Labute approximate surface area is 89.3 Å². The van der Waals surface area contributed by atoms with Gasteiger partial charge in [-0.2, -0.15) is 0 Å². The number of pyridine rings is 1. The van der Waals surface area contributed by atoms with Crippen LogP contribution in [0.25, 0.3) is 10.8 Å². The molecule has 1 aromatic carbocycles. The molecule has 2 rings (SSSR count). The van der Waals surface area contributed by atoms with Gasteiger partial charge in [0.2, 0.25) is 0 Å². The molecule has 0 aliphatic rings. The summed E-state index contributed by atoms with van der Waals surface area (Å²) >= 11 is 0. The number of nitrogens with two attached hydrogens (primary N) is 1. The largest absolute Gasteiger partial charge is 0.382 e. The SMILES string of the molecule is CCNc1c(N)ncc2cc(C)ccc12. The average molecular weight is 201 g/mol. The second-order valence-electron chi connectivity index (χ2n) is 3.64.